The summed E-state index contributed by atoms with van der Waals surface area (Å²) in [4.78, 5) is 11.8. The fourth-order valence-corrected chi connectivity index (χ4v) is 6.03. The number of unbranched alkanes of at least 4 members (excludes halogenated alkanes) is 8. The summed E-state index contributed by atoms with van der Waals surface area (Å²) >= 11 is 16.1. The van der Waals surface area contributed by atoms with Gasteiger partial charge in [0.1, 0.15) is 8.28 Å². The number of carbonyl (C=O) groups is 1. The van der Waals surface area contributed by atoms with Crippen molar-refractivity contribution in [3.8, 4) is 5.75 Å². The van der Waals surface area contributed by atoms with Gasteiger partial charge >= 0.3 is 5.97 Å². The number of thiol groups is 1. The third-order valence-corrected chi connectivity index (χ3v) is 8.35. The molecule has 0 spiro atoms. The molecule has 0 radical (unpaired) electrons. The molecule has 1 heterocycles. The van der Waals surface area contributed by atoms with Gasteiger partial charge in [-0.25, -0.2) is 13.2 Å². The Kier molecular flexibility index (Phi) is 15.4. The van der Waals surface area contributed by atoms with Gasteiger partial charge in [-0.05, 0) is 20.3 Å². The maximum atomic E-state index is 13.4. The Morgan fingerprint density at radius 3 is 1.75 bits per heavy atom. The number of carbonyl (C=O) groups excluding carboxylic acids is 1. The highest BCUT2D eigenvalue weighted by atomic mass is 32.2. The van der Waals surface area contributed by atoms with E-state index in [0.717, 1.165) is 17.0 Å². The van der Waals surface area contributed by atoms with E-state index in [-0.39, 0.29) is 3.53 Å². The number of benzene rings is 1. The minimum Gasteiger partial charge on any atom is -0.419 e. The molecule has 0 aromatic heterocycles. The van der Waals surface area contributed by atoms with Crippen LogP contribution in [0.3, 0.4) is 0 Å². The number of rotatable bonds is 13. The highest BCUT2D eigenvalue weighted by Crippen LogP contribution is 2.39. The molecule has 204 valence electrons. The molecule has 0 bridgehead atoms. The molecule has 1 aliphatic rings. The number of thioether (sulfide) groups is 2. The van der Waals surface area contributed by atoms with Gasteiger partial charge in [0.15, 0.2) is 0 Å². The highest BCUT2D eigenvalue weighted by molar-refractivity contribution is 8.42. The lowest BCUT2D eigenvalue weighted by molar-refractivity contribution is -0.136. The van der Waals surface area contributed by atoms with Gasteiger partial charge in [0.2, 0.25) is 34.8 Å². The molecule has 36 heavy (non-hydrogen) atoms. The standard InChI is InChI=1S/C13H24S2.C11H7F5O2S3/c1-2-3-4-5-6-7-8-9-10-11-12-13(14)15-12;1-11(2,21-10(19)20)9(17)18-8-6(15)4(13)3(12)5(14)7(8)16/h12H,2-11H2,1H3;1-2H3,(H,19,20). The molecule has 2 rings (SSSR count). The molecule has 2 nitrogen and oxygen atoms in total. The molecule has 1 aliphatic heterocycles. The normalized spacial score (nSPS) is 14.8. The van der Waals surface area contributed by atoms with Crippen LogP contribution >= 0.6 is 60.6 Å². The summed E-state index contributed by atoms with van der Waals surface area (Å²) in [6.45, 7) is 4.85. The number of esters is 1. The predicted octanol–water partition coefficient (Wildman–Crippen LogP) is 9.36. The first-order chi connectivity index (χ1) is 16.8. The van der Waals surface area contributed by atoms with E-state index in [2.05, 4.69) is 36.5 Å². The summed E-state index contributed by atoms with van der Waals surface area (Å²) in [6, 6.07) is 0. The lowest BCUT2D eigenvalue weighted by Gasteiger charge is -2.21. The Balaban J connectivity index is 0.000000381. The second-order valence-electron chi connectivity index (χ2n) is 8.71. The molecule has 1 unspecified atom stereocenters. The number of halogens is 5. The van der Waals surface area contributed by atoms with E-state index in [1.165, 1.54) is 82.3 Å². The zero-order valence-electron chi connectivity index (χ0n) is 20.4. The van der Waals surface area contributed by atoms with Crippen LogP contribution in [0.25, 0.3) is 0 Å². The molecule has 1 aromatic carbocycles. The summed E-state index contributed by atoms with van der Waals surface area (Å²) in [5.74, 6) is -14.1. The largest absolute Gasteiger partial charge is 0.419 e. The fourth-order valence-electron chi connectivity index (χ4n) is 3.07. The van der Waals surface area contributed by atoms with Crippen LogP contribution in [0.1, 0.15) is 85.0 Å². The van der Waals surface area contributed by atoms with Gasteiger partial charge in [-0.3, -0.25) is 4.79 Å². The molecule has 1 aromatic rings. The average molecular weight is 607 g/mol. The van der Waals surface area contributed by atoms with E-state index < -0.39 is 45.6 Å². The van der Waals surface area contributed by atoms with Crippen LogP contribution in [-0.4, -0.2) is 23.7 Å². The lowest BCUT2D eigenvalue weighted by Crippen LogP contribution is -2.33. The van der Waals surface area contributed by atoms with Crippen LogP contribution < -0.4 is 4.74 Å². The van der Waals surface area contributed by atoms with Crippen molar-refractivity contribution in [2.75, 3.05) is 0 Å². The smallest absolute Gasteiger partial charge is 0.327 e. The van der Waals surface area contributed by atoms with Crippen molar-refractivity contribution in [3.05, 3.63) is 29.1 Å². The second kappa shape index (κ2) is 16.5. The Labute approximate surface area is 234 Å². The SMILES string of the molecule is CC(C)(SC(=S)S)C(=O)Oc1c(F)c(F)c(F)c(F)c1F.CCCCCCCCCCCC1SC1=S. The maximum absolute atomic E-state index is 13.4. The Bertz CT molecular complexity index is 898. The summed E-state index contributed by atoms with van der Waals surface area (Å²) in [5.41, 5.74) is 0. The third kappa shape index (κ3) is 11.5. The zero-order chi connectivity index (χ0) is 27.5. The summed E-state index contributed by atoms with van der Waals surface area (Å²) in [5, 5.41) is 0.768. The van der Waals surface area contributed by atoms with Crippen molar-refractivity contribution >= 4 is 74.3 Å². The molecule has 12 heteroatoms. The van der Waals surface area contributed by atoms with Crippen LogP contribution in [0.4, 0.5) is 22.0 Å². The fraction of sp³-hybridized carbons (Fsp3) is 0.625. The highest BCUT2D eigenvalue weighted by Gasteiger charge is 2.35. The van der Waals surface area contributed by atoms with Gasteiger partial charge in [0, 0.05) is 0 Å². The van der Waals surface area contributed by atoms with Crippen molar-refractivity contribution in [1.82, 2.24) is 0 Å². The molecule has 1 atom stereocenters. The predicted molar refractivity (Wildman–Crippen MR) is 151 cm³/mol. The molecule has 0 saturated carbocycles. The summed E-state index contributed by atoms with van der Waals surface area (Å²) in [6.07, 6.45) is 14.2. The van der Waals surface area contributed by atoms with E-state index in [1.807, 2.05) is 11.8 Å². The first kappa shape index (κ1) is 33.6. The Morgan fingerprint density at radius 1 is 0.917 bits per heavy atom. The first-order valence-corrected chi connectivity index (χ1v) is 14.7. The van der Waals surface area contributed by atoms with E-state index >= 15 is 0 Å². The van der Waals surface area contributed by atoms with Crippen LogP contribution in [-0.2, 0) is 4.79 Å². The van der Waals surface area contributed by atoms with Gasteiger partial charge in [-0.2, -0.15) is 8.78 Å². The van der Waals surface area contributed by atoms with Gasteiger partial charge in [0.25, 0.3) is 0 Å². The van der Waals surface area contributed by atoms with Crippen molar-refractivity contribution in [2.45, 2.75) is 95.0 Å². The number of ether oxygens (including phenoxy) is 1. The third-order valence-electron chi connectivity index (χ3n) is 5.23. The molecule has 1 saturated heterocycles. The monoisotopic (exact) mass is 606 g/mol. The molecular formula is C24H31F5O2S5. The van der Waals surface area contributed by atoms with E-state index in [4.69, 9.17) is 12.2 Å². The summed E-state index contributed by atoms with van der Waals surface area (Å²) in [7, 11) is 0. The van der Waals surface area contributed by atoms with E-state index in [1.54, 1.807) is 0 Å². The van der Waals surface area contributed by atoms with Crippen LogP contribution in [0.5, 0.6) is 5.75 Å². The first-order valence-electron chi connectivity index (χ1n) is 11.7. The summed E-state index contributed by atoms with van der Waals surface area (Å²) < 4.78 is 69.7. The average Bonchev–Trinajstić information content (AvgIpc) is 3.52. The molecular weight excluding hydrogens is 576 g/mol. The number of hydrogen-bond acceptors (Lipinski definition) is 6. The van der Waals surface area contributed by atoms with Crippen molar-refractivity contribution in [2.24, 2.45) is 0 Å². The van der Waals surface area contributed by atoms with Gasteiger partial charge < -0.3 is 4.74 Å². The number of thiocarbonyl (C=S) groups is 2. The maximum Gasteiger partial charge on any atom is 0.327 e. The van der Waals surface area contributed by atoms with E-state index in [0.29, 0.717) is 0 Å². The van der Waals surface area contributed by atoms with Crippen LogP contribution in [0.2, 0.25) is 0 Å². The molecule has 0 N–H and O–H groups in total. The van der Waals surface area contributed by atoms with Crippen molar-refractivity contribution in [3.63, 3.8) is 0 Å². The lowest BCUT2D eigenvalue weighted by atomic mass is 10.1. The Hall–Kier alpha value is -0.430. The van der Waals surface area contributed by atoms with Crippen molar-refractivity contribution < 1.29 is 31.5 Å². The second-order valence-corrected chi connectivity index (χ2v) is 14.0. The van der Waals surface area contributed by atoms with E-state index in [9.17, 15) is 26.7 Å². The van der Waals surface area contributed by atoms with Gasteiger partial charge in [-0.15, -0.1) is 24.4 Å². The molecule has 0 amide bonds. The van der Waals surface area contributed by atoms with Crippen molar-refractivity contribution in [1.29, 1.82) is 0 Å². The molecule has 1 fully saturated rings. The quantitative estimate of drug-likeness (QED) is 0.0277. The minimum absolute atomic E-state index is 0.0364. The number of hydrogen-bond donors (Lipinski definition) is 1. The topological polar surface area (TPSA) is 26.3 Å². The Morgan fingerprint density at radius 2 is 1.33 bits per heavy atom. The molecule has 0 aliphatic carbocycles. The van der Waals surface area contributed by atoms with Gasteiger partial charge in [-0.1, -0.05) is 101 Å². The van der Waals surface area contributed by atoms with Gasteiger partial charge in [0.05, 0.1) is 9.45 Å². The minimum atomic E-state index is -2.34. The zero-order valence-corrected chi connectivity index (χ0v) is 24.6. The van der Waals surface area contributed by atoms with Crippen LogP contribution in [0.15, 0.2) is 0 Å². The van der Waals surface area contributed by atoms with Crippen LogP contribution in [0, 0.1) is 29.1 Å².